The predicted molar refractivity (Wildman–Crippen MR) is 63.0 cm³/mol. The van der Waals surface area contributed by atoms with Gasteiger partial charge in [0.05, 0.1) is 0 Å². The Hall–Kier alpha value is -1.34. The van der Waals surface area contributed by atoms with Gasteiger partial charge in [0.2, 0.25) is 0 Å². The number of carboxylic acid groups (broad SMARTS) is 1. The monoisotopic (exact) mass is 250 g/mol. The van der Waals surface area contributed by atoms with Crippen LogP contribution in [0.3, 0.4) is 0 Å². The molecular weight excluding hydrogens is 228 g/mol. The lowest BCUT2D eigenvalue weighted by Gasteiger charge is -2.23. The van der Waals surface area contributed by atoms with Crippen LogP contribution in [0, 0.1) is 0 Å². The summed E-state index contributed by atoms with van der Waals surface area (Å²) < 4.78 is 4.97. The minimum Gasteiger partial charge on any atom is -0.480 e. The minimum atomic E-state index is -1.08. The number of carbonyl (C=O) groups is 2. The quantitative estimate of drug-likeness (QED) is 0.711. The van der Waals surface area contributed by atoms with Crippen LogP contribution in [-0.4, -0.2) is 59.8 Å². The molecule has 1 atom stereocenters. The van der Waals surface area contributed by atoms with Gasteiger partial charge in [-0.1, -0.05) is 0 Å². The van der Waals surface area contributed by atoms with Gasteiger partial charge in [-0.3, -0.25) is 0 Å². The normalized spacial score (nSPS) is 12.6. The number of ether oxygens (including phenoxy) is 1. The van der Waals surface area contributed by atoms with E-state index in [1.807, 2.05) is 0 Å². The summed E-state index contributed by atoms with van der Waals surface area (Å²) in [6.45, 7) is 5.37. The Balaban J connectivity index is 0. The summed E-state index contributed by atoms with van der Waals surface area (Å²) in [4.78, 5) is 23.9. The molecule has 17 heavy (non-hydrogen) atoms. The van der Waals surface area contributed by atoms with Crippen LogP contribution < -0.4 is 5.32 Å². The molecule has 0 bridgehead atoms. The minimum absolute atomic E-state index is 0. The Morgan fingerprint density at radius 3 is 2.12 bits per heavy atom. The molecular formula is C10H22N2O5. The highest BCUT2D eigenvalue weighted by molar-refractivity contribution is 5.80. The van der Waals surface area contributed by atoms with E-state index >= 15 is 0 Å². The van der Waals surface area contributed by atoms with Gasteiger partial charge >= 0.3 is 12.1 Å². The molecule has 0 aliphatic heterocycles. The summed E-state index contributed by atoms with van der Waals surface area (Å²) in [7, 11) is 3.46. The molecule has 7 heteroatoms. The number of hydrogen-bond acceptors (Lipinski definition) is 4. The first-order chi connectivity index (χ1) is 7.11. The van der Waals surface area contributed by atoms with E-state index in [0.29, 0.717) is 0 Å². The van der Waals surface area contributed by atoms with Crippen LogP contribution in [0.1, 0.15) is 20.8 Å². The average Bonchev–Trinajstić information content (AvgIpc) is 1.97. The Morgan fingerprint density at radius 1 is 1.35 bits per heavy atom. The number of nitrogens with one attached hydrogen (secondary N) is 1. The maximum atomic E-state index is 11.3. The molecule has 0 aliphatic carbocycles. The van der Waals surface area contributed by atoms with E-state index in [2.05, 4.69) is 5.32 Å². The van der Waals surface area contributed by atoms with Crippen molar-refractivity contribution in [2.24, 2.45) is 0 Å². The molecule has 0 aromatic rings. The summed E-state index contributed by atoms with van der Waals surface area (Å²) in [5, 5.41) is 11.2. The molecule has 0 aliphatic rings. The fourth-order valence-corrected chi connectivity index (χ4v) is 1.00. The van der Waals surface area contributed by atoms with E-state index in [-0.39, 0.29) is 12.0 Å². The molecule has 7 nitrogen and oxygen atoms in total. The number of amides is 1. The molecule has 4 N–H and O–H groups in total. The van der Waals surface area contributed by atoms with Crippen molar-refractivity contribution in [1.82, 2.24) is 10.2 Å². The predicted octanol–water partition coefficient (Wildman–Crippen LogP) is -0.299. The molecule has 0 aromatic heterocycles. The van der Waals surface area contributed by atoms with Gasteiger partial charge in [0, 0.05) is 6.54 Å². The standard InChI is InChI=1S/C10H20N2O4.H2O/c1-10(2,3)16-9(15)11-7(8(13)14)6-12(4)5;/h7H,6H2,1-5H3,(H,11,15)(H,13,14);1H2/t7-;/m1./s1. The van der Waals surface area contributed by atoms with E-state index in [0.717, 1.165) is 0 Å². The zero-order chi connectivity index (χ0) is 12.9. The van der Waals surface area contributed by atoms with E-state index in [9.17, 15) is 9.59 Å². The Morgan fingerprint density at radius 2 is 1.82 bits per heavy atom. The number of carbonyl (C=O) groups excluding carboxylic acids is 1. The van der Waals surface area contributed by atoms with Crippen molar-refractivity contribution in [2.75, 3.05) is 20.6 Å². The van der Waals surface area contributed by atoms with Crippen molar-refractivity contribution in [3.05, 3.63) is 0 Å². The number of alkyl carbamates (subject to hydrolysis) is 1. The van der Waals surface area contributed by atoms with Gasteiger partial charge in [-0.15, -0.1) is 0 Å². The second-order valence-corrected chi connectivity index (χ2v) is 4.80. The Kier molecular flexibility index (Phi) is 7.51. The molecule has 0 unspecified atom stereocenters. The summed E-state index contributed by atoms with van der Waals surface area (Å²) >= 11 is 0. The lowest BCUT2D eigenvalue weighted by atomic mass is 10.2. The molecule has 102 valence electrons. The zero-order valence-electron chi connectivity index (χ0n) is 10.9. The van der Waals surface area contributed by atoms with Crippen molar-refractivity contribution in [1.29, 1.82) is 0 Å². The van der Waals surface area contributed by atoms with Crippen molar-refractivity contribution in [2.45, 2.75) is 32.4 Å². The number of carboxylic acids is 1. The van der Waals surface area contributed by atoms with Crippen LogP contribution in [-0.2, 0) is 9.53 Å². The lowest BCUT2D eigenvalue weighted by Crippen LogP contribution is -2.48. The summed E-state index contributed by atoms with van der Waals surface area (Å²) in [6.07, 6.45) is -0.721. The number of rotatable bonds is 4. The molecule has 0 heterocycles. The molecule has 0 spiro atoms. The van der Waals surface area contributed by atoms with Crippen LogP contribution in [0.25, 0.3) is 0 Å². The van der Waals surface area contributed by atoms with Crippen LogP contribution in [0.5, 0.6) is 0 Å². The van der Waals surface area contributed by atoms with Gasteiger partial charge < -0.3 is 25.5 Å². The third-order valence-electron chi connectivity index (χ3n) is 1.54. The van der Waals surface area contributed by atoms with E-state index in [1.165, 1.54) is 0 Å². The summed E-state index contributed by atoms with van der Waals surface area (Å²) in [6, 6.07) is -0.968. The molecule has 0 saturated heterocycles. The number of likely N-dealkylation sites (N-methyl/N-ethyl adjacent to an activating group) is 1. The largest absolute Gasteiger partial charge is 0.480 e. The molecule has 0 saturated carbocycles. The topological polar surface area (TPSA) is 110 Å². The number of hydrogen-bond donors (Lipinski definition) is 2. The number of nitrogens with zero attached hydrogens (tertiary/aromatic N) is 1. The first-order valence-electron chi connectivity index (χ1n) is 4.99. The smallest absolute Gasteiger partial charge is 0.408 e. The van der Waals surface area contributed by atoms with Gasteiger partial charge in [0.15, 0.2) is 0 Å². The third kappa shape index (κ3) is 9.58. The van der Waals surface area contributed by atoms with E-state index in [4.69, 9.17) is 9.84 Å². The fourth-order valence-electron chi connectivity index (χ4n) is 1.00. The van der Waals surface area contributed by atoms with Crippen molar-refractivity contribution >= 4 is 12.1 Å². The lowest BCUT2D eigenvalue weighted by molar-refractivity contribution is -0.139. The molecule has 0 radical (unpaired) electrons. The van der Waals surface area contributed by atoms with Crippen LogP contribution >= 0.6 is 0 Å². The summed E-state index contributed by atoms with van der Waals surface area (Å²) in [5.41, 5.74) is -0.634. The van der Waals surface area contributed by atoms with Crippen molar-refractivity contribution in [3.8, 4) is 0 Å². The zero-order valence-corrected chi connectivity index (χ0v) is 10.9. The maximum Gasteiger partial charge on any atom is 0.408 e. The van der Waals surface area contributed by atoms with Gasteiger partial charge in [0.1, 0.15) is 11.6 Å². The highest BCUT2D eigenvalue weighted by Gasteiger charge is 2.24. The average molecular weight is 250 g/mol. The van der Waals surface area contributed by atoms with Crippen LogP contribution in [0.4, 0.5) is 4.79 Å². The Labute approximate surface area is 101 Å². The van der Waals surface area contributed by atoms with Gasteiger partial charge in [-0.2, -0.15) is 0 Å². The SMILES string of the molecule is CN(C)C[C@@H](NC(=O)OC(C)(C)C)C(=O)O.O. The maximum absolute atomic E-state index is 11.3. The summed E-state index contributed by atoms with van der Waals surface area (Å²) in [5.74, 6) is -1.08. The Bertz CT molecular complexity index is 260. The van der Waals surface area contributed by atoms with E-state index in [1.54, 1.807) is 39.8 Å². The van der Waals surface area contributed by atoms with Gasteiger partial charge in [-0.05, 0) is 34.9 Å². The van der Waals surface area contributed by atoms with Gasteiger partial charge in [0.25, 0.3) is 0 Å². The number of aliphatic carboxylic acids is 1. The molecule has 0 rings (SSSR count). The first kappa shape index (κ1) is 18.0. The van der Waals surface area contributed by atoms with E-state index < -0.39 is 23.7 Å². The first-order valence-corrected chi connectivity index (χ1v) is 4.99. The van der Waals surface area contributed by atoms with Crippen molar-refractivity contribution in [3.63, 3.8) is 0 Å². The van der Waals surface area contributed by atoms with Crippen molar-refractivity contribution < 1.29 is 24.9 Å². The second-order valence-electron chi connectivity index (χ2n) is 4.80. The highest BCUT2D eigenvalue weighted by Crippen LogP contribution is 2.06. The molecule has 1 amide bonds. The second kappa shape index (κ2) is 7.08. The molecule has 0 aromatic carbocycles. The van der Waals surface area contributed by atoms with Crippen LogP contribution in [0.2, 0.25) is 0 Å². The fraction of sp³-hybridized carbons (Fsp3) is 0.800. The van der Waals surface area contributed by atoms with Gasteiger partial charge in [-0.25, -0.2) is 9.59 Å². The third-order valence-corrected chi connectivity index (χ3v) is 1.54. The molecule has 0 fully saturated rings. The van der Waals surface area contributed by atoms with Crippen LogP contribution in [0.15, 0.2) is 0 Å². The highest BCUT2D eigenvalue weighted by atomic mass is 16.6.